The second-order valence-electron chi connectivity index (χ2n) is 10.3. The molecular formula is C30H30N6O3. The average molecular weight is 523 g/mol. The van der Waals surface area contributed by atoms with Crippen LogP contribution in [0.25, 0.3) is 16.6 Å². The number of nitriles is 1. The number of ether oxygens (including phenoxy) is 1. The lowest BCUT2D eigenvalue weighted by Crippen LogP contribution is -2.46. The van der Waals surface area contributed by atoms with Crippen LogP contribution in [0.15, 0.2) is 61.2 Å². The van der Waals surface area contributed by atoms with E-state index in [1.165, 1.54) is 6.20 Å². The summed E-state index contributed by atoms with van der Waals surface area (Å²) in [6.07, 6.45) is 8.56. The number of anilines is 1. The van der Waals surface area contributed by atoms with Crippen LogP contribution in [0.3, 0.4) is 0 Å². The Morgan fingerprint density at radius 1 is 1.13 bits per heavy atom. The fourth-order valence-electron chi connectivity index (χ4n) is 4.75. The molecule has 0 spiro atoms. The quantitative estimate of drug-likeness (QED) is 0.370. The maximum Gasteiger partial charge on any atom is 0.149 e. The second-order valence-corrected chi connectivity index (χ2v) is 10.3. The predicted molar refractivity (Wildman–Crippen MR) is 147 cm³/mol. The predicted octanol–water partition coefficient (Wildman–Crippen LogP) is 3.39. The Bertz CT molecular complexity index is 1550. The van der Waals surface area contributed by atoms with E-state index in [0.717, 1.165) is 22.6 Å². The van der Waals surface area contributed by atoms with Crippen molar-refractivity contribution in [3.63, 3.8) is 0 Å². The minimum atomic E-state index is -1.10. The summed E-state index contributed by atoms with van der Waals surface area (Å²) in [6.45, 7) is 4.70. The van der Waals surface area contributed by atoms with Gasteiger partial charge in [0.15, 0.2) is 0 Å². The average Bonchev–Trinajstić information content (AvgIpc) is 3.34. The number of piperidine rings is 1. The smallest absolute Gasteiger partial charge is 0.149 e. The standard InChI is InChI=1S/C30H30N6O3/c1-29(2,37)9-5-15-39-25-16-26(28-23(18-31)20-34-36(28)21-25)22-7-8-27(33-19-22)35-13-10-30(38,11-14-35)17-24-6-3-4-12-32-24/h3-4,6-8,12,16,19-21,37-38H,10-11,13-15,17H2,1-2H3. The van der Waals surface area contributed by atoms with Gasteiger partial charge in [0.2, 0.25) is 0 Å². The van der Waals surface area contributed by atoms with Crippen molar-refractivity contribution in [1.82, 2.24) is 19.6 Å². The van der Waals surface area contributed by atoms with Gasteiger partial charge in [-0.15, -0.1) is 0 Å². The zero-order valence-corrected chi connectivity index (χ0v) is 22.0. The van der Waals surface area contributed by atoms with Crippen LogP contribution in [-0.2, 0) is 6.42 Å². The molecule has 39 heavy (non-hydrogen) atoms. The normalized spacial score (nSPS) is 14.9. The fourth-order valence-corrected chi connectivity index (χ4v) is 4.75. The third-order valence-corrected chi connectivity index (χ3v) is 6.73. The van der Waals surface area contributed by atoms with Gasteiger partial charge in [-0.3, -0.25) is 4.98 Å². The molecule has 1 aliphatic heterocycles. The molecule has 1 saturated heterocycles. The number of rotatable bonds is 6. The first kappa shape index (κ1) is 26.2. The van der Waals surface area contributed by atoms with Crippen molar-refractivity contribution in [2.75, 3.05) is 24.6 Å². The van der Waals surface area contributed by atoms with E-state index in [9.17, 15) is 15.5 Å². The van der Waals surface area contributed by atoms with E-state index in [-0.39, 0.29) is 6.61 Å². The van der Waals surface area contributed by atoms with Crippen LogP contribution in [0.5, 0.6) is 5.75 Å². The van der Waals surface area contributed by atoms with Crippen molar-refractivity contribution in [1.29, 1.82) is 5.26 Å². The van der Waals surface area contributed by atoms with Crippen molar-refractivity contribution in [3.8, 4) is 34.8 Å². The van der Waals surface area contributed by atoms with Crippen LogP contribution in [0, 0.1) is 23.2 Å². The Morgan fingerprint density at radius 2 is 1.95 bits per heavy atom. The van der Waals surface area contributed by atoms with Crippen molar-refractivity contribution in [2.24, 2.45) is 0 Å². The molecule has 0 aromatic carbocycles. The zero-order valence-electron chi connectivity index (χ0n) is 22.0. The summed E-state index contributed by atoms with van der Waals surface area (Å²) >= 11 is 0. The van der Waals surface area contributed by atoms with E-state index in [4.69, 9.17) is 9.72 Å². The highest BCUT2D eigenvalue weighted by molar-refractivity contribution is 5.85. The van der Waals surface area contributed by atoms with Gasteiger partial charge in [0, 0.05) is 48.7 Å². The Morgan fingerprint density at radius 3 is 2.62 bits per heavy atom. The topological polar surface area (TPSA) is 120 Å². The Hall–Kier alpha value is -4.44. The van der Waals surface area contributed by atoms with Gasteiger partial charge < -0.3 is 19.8 Å². The molecule has 9 nitrogen and oxygen atoms in total. The van der Waals surface area contributed by atoms with Gasteiger partial charge in [0.05, 0.1) is 29.1 Å². The summed E-state index contributed by atoms with van der Waals surface area (Å²) in [5, 5.41) is 34.8. The van der Waals surface area contributed by atoms with E-state index in [1.807, 2.05) is 36.4 Å². The molecule has 5 heterocycles. The minimum Gasteiger partial charge on any atom is -0.479 e. The van der Waals surface area contributed by atoms with Crippen LogP contribution >= 0.6 is 0 Å². The lowest BCUT2D eigenvalue weighted by molar-refractivity contribution is 0.0156. The molecule has 0 atom stereocenters. The van der Waals surface area contributed by atoms with Crippen molar-refractivity contribution < 1.29 is 14.9 Å². The van der Waals surface area contributed by atoms with Gasteiger partial charge in [-0.05, 0) is 57.0 Å². The first-order valence-corrected chi connectivity index (χ1v) is 12.8. The van der Waals surface area contributed by atoms with E-state index >= 15 is 0 Å². The van der Waals surface area contributed by atoms with Crippen molar-refractivity contribution in [3.05, 3.63) is 72.4 Å². The minimum absolute atomic E-state index is 0.0974. The van der Waals surface area contributed by atoms with Gasteiger partial charge >= 0.3 is 0 Å². The highest BCUT2D eigenvalue weighted by Gasteiger charge is 2.33. The molecule has 5 rings (SSSR count). The molecular weight excluding hydrogens is 492 g/mol. The maximum atomic E-state index is 11.1. The molecule has 0 radical (unpaired) electrons. The first-order valence-electron chi connectivity index (χ1n) is 12.8. The molecule has 0 amide bonds. The van der Waals surface area contributed by atoms with E-state index in [2.05, 4.69) is 32.9 Å². The summed E-state index contributed by atoms with van der Waals surface area (Å²) in [5.74, 6) is 6.90. The van der Waals surface area contributed by atoms with Crippen LogP contribution < -0.4 is 9.64 Å². The zero-order chi connectivity index (χ0) is 27.5. The van der Waals surface area contributed by atoms with Crippen LogP contribution in [-0.4, -0.2) is 60.7 Å². The third-order valence-electron chi connectivity index (χ3n) is 6.73. The number of hydrogen-bond acceptors (Lipinski definition) is 8. The molecule has 9 heteroatoms. The van der Waals surface area contributed by atoms with E-state index in [0.29, 0.717) is 49.2 Å². The van der Waals surface area contributed by atoms with Gasteiger partial charge in [-0.25, -0.2) is 9.50 Å². The third kappa shape index (κ3) is 6.18. The van der Waals surface area contributed by atoms with Gasteiger partial charge in [0.25, 0.3) is 0 Å². The Balaban J connectivity index is 1.34. The Labute approximate surface area is 227 Å². The van der Waals surface area contributed by atoms with E-state index < -0.39 is 11.2 Å². The monoisotopic (exact) mass is 522 g/mol. The van der Waals surface area contributed by atoms with Crippen LogP contribution in [0.1, 0.15) is 37.9 Å². The second kappa shape index (κ2) is 10.7. The van der Waals surface area contributed by atoms with Crippen LogP contribution in [0.4, 0.5) is 5.82 Å². The SMILES string of the molecule is CC(C)(O)C#CCOc1cc(-c2ccc(N3CCC(O)(Cc4ccccn4)CC3)nc2)c2c(C#N)cnn2c1. The number of pyridine rings is 3. The summed E-state index contributed by atoms with van der Waals surface area (Å²) < 4.78 is 7.43. The van der Waals surface area contributed by atoms with Crippen LogP contribution in [0.2, 0.25) is 0 Å². The molecule has 1 aliphatic rings. The molecule has 0 saturated carbocycles. The van der Waals surface area contributed by atoms with Gasteiger partial charge in [-0.2, -0.15) is 10.4 Å². The van der Waals surface area contributed by atoms with Gasteiger partial charge in [0.1, 0.15) is 29.8 Å². The number of nitrogens with zero attached hydrogens (tertiary/aromatic N) is 6. The number of aromatic nitrogens is 4. The van der Waals surface area contributed by atoms with Gasteiger partial charge in [-0.1, -0.05) is 17.9 Å². The van der Waals surface area contributed by atoms with E-state index in [1.54, 1.807) is 37.0 Å². The summed E-state index contributed by atoms with van der Waals surface area (Å²) in [7, 11) is 0. The lowest BCUT2D eigenvalue weighted by Gasteiger charge is -2.38. The maximum absolute atomic E-state index is 11.1. The lowest BCUT2D eigenvalue weighted by atomic mass is 9.87. The summed E-state index contributed by atoms with van der Waals surface area (Å²) in [4.78, 5) is 11.3. The molecule has 0 aliphatic carbocycles. The molecule has 0 unspecified atom stereocenters. The number of fused-ring (bicyclic) bond motifs is 1. The highest BCUT2D eigenvalue weighted by atomic mass is 16.5. The first-order chi connectivity index (χ1) is 18.7. The molecule has 4 aromatic heterocycles. The molecule has 4 aromatic rings. The highest BCUT2D eigenvalue weighted by Crippen LogP contribution is 2.33. The Kier molecular flexibility index (Phi) is 7.21. The number of hydrogen-bond donors (Lipinski definition) is 2. The molecule has 2 N–H and O–H groups in total. The van der Waals surface area contributed by atoms with Crippen molar-refractivity contribution >= 4 is 11.3 Å². The molecule has 0 bridgehead atoms. The molecule has 1 fully saturated rings. The largest absolute Gasteiger partial charge is 0.479 e. The van der Waals surface area contributed by atoms with Crippen molar-refractivity contribution in [2.45, 2.75) is 44.3 Å². The summed E-state index contributed by atoms with van der Waals surface area (Å²) in [6, 6.07) is 13.7. The number of aliphatic hydroxyl groups is 2. The molecule has 198 valence electrons. The summed E-state index contributed by atoms with van der Waals surface area (Å²) in [5.41, 5.74) is 1.72. The fraction of sp³-hybridized carbons (Fsp3) is 0.333.